The van der Waals surface area contributed by atoms with Crippen molar-refractivity contribution in [2.45, 2.75) is 12.8 Å². The second-order valence-corrected chi connectivity index (χ2v) is 2.85. The van der Waals surface area contributed by atoms with Gasteiger partial charge in [-0.25, -0.2) is 0 Å². The maximum absolute atomic E-state index is 10.7. The highest BCUT2D eigenvalue weighted by Gasteiger charge is 2.06. The van der Waals surface area contributed by atoms with Crippen LogP contribution in [-0.4, -0.2) is 22.0 Å². The highest BCUT2D eigenvalue weighted by atomic mass is 16.6. The van der Waals surface area contributed by atoms with Gasteiger partial charge in [0, 0.05) is 18.2 Å². The fourth-order valence-electron chi connectivity index (χ4n) is 0.983. The SMILES string of the molecule is O=CC(=O)CCc1ccc([N+](=O)[O-])cn1. The number of aryl methyl sites for hydroxylation is 1. The van der Waals surface area contributed by atoms with Crippen molar-refractivity contribution in [2.24, 2.45) is 0 Å². The van der Waals surface area contributed by atoms with Crippen LogP contribution in [0.4, 0.5) is 5.69 Å². The number of aromatic nitrogens is 1. The summed E-state index contributed by atoms with van der Waals surface area (Å²) in [6.45, 7) is 0. The van der Waals surface area contributed by atoms with E-state index in [1.54, 1.807) is 0 Å². The van der Waals surface area contributed by atoms with Crippen LogP contribution in [0.15, 0.2) is 18.3 Å². The molecule has 0 amide bonds. The van der Waals surface area contributed by atoms with Crippen molar-refractivity contribution in [3.8, 4) is 0 Å². The fraction of sp³-hybridized carbons (Fsp3) is 0.222. The van der Waals surface area contributed by atoms with Gasteiger partial charge in [-0.1, -0.05) is 0 Å². The zero-order valence-electron chi connectivity index (χ0n) is 7.75. The zero-order valence-corrected chi connectivity index (χ0v) is 7.75. The Balaban J connectivity index is 2.60. The van der Waals surface area contributed by atoms with Crippen LogP contribution in [0.25, 0.3) is 0 Å². The maximum Gasteiger partial charge on any atom is 0.287 e. The van der Waals surface area contributed by atoms with E-state index in [0.717, 1.165) is 6.20 Å². The van der Waals surface area contributed by atoms with Gasteiger partial charge in [0.25, 0.3) is 5.69 Å². The van der Waals surface area contributed by atoms with Crippen LogP contribution in [0, 0.1) is 10.1 Å². The second kappa shape index (κ2) is 4.94. The van der Waals surface area contributed by atoms with Gasteiger partial charge in [0.1, 0.15) is 6.20 Å². The molecule has 0 bridgehead atoms. The number of carbonyl (C=O) groups is 2. The number of nitro groups is 1. The summed E-state index contributed by atoms with van der Waals surface area (Å²) in [5.74, 6) is -0.504. The largest absolute Gasteiger partial charge is 0.295 e. The summed E-state index contributed by atoms with van der Waals surface area (Å²) in [6.07, 6.45) is 1.77. The maximum atomic E-state index is 10.7. The van der Waals surface area contributed by atoms with Crippen LogP contribution in [-0.2, 0) is 16.0 Å². The number of ketones is 1. The van der Waals surface area contributed by atoms with Crippen molar-refractivity contribution in [2.75, 3.05) is 0 Å². The minimum Gasteiger partial charge on any atom is -0.295 e. The Morgan fingerprint density at radius 1 is 1.53 bits per heavy atom. The number of pyridine rings is 1. The normalized spacial score (nSPS) is 9.60. The Hall–Kier alpha value is -2.11. The van der Waals surface area contributed by atoms with E-state index >= 15 is 0 Å². The van der Waals surface area contributed by atoms with Gasteiger partial charge in [0.15, 0.2) is 12.1 Å². The standard InChI is InChI=1S/C9H8N2O4/c12-6-9(13)4-2-7-1-3-8(5-10-7)11(14)15/h1,3,5-6H,2,4H2. The van der Waals surface area contributed by atoms with Crippen LogP contribution < -0.4 is 0 Å². The number of Topliss-reactive ketones (excluding diaryl/α,β-unsaturated/α-hetero) is 1. The molecule has 0 N–H and O–H groups in total. The molecule has 0 unspecified atom stereocenters. The van der Waals surface area contributed by atoms with E-state index in [9.17, 15) is 19.7 Å². The van der Waals surface area contributed by atoms with Crippen LogP contribution in [0.3, 0.4) is 0 Å². The van der Waals surface area contributed by atoms with Gasteiger partial charge in [0.05, 0.1) is 4.92 Å². The molecule has 0 aliphatic heterocycles. The third-order valence-electron chi connectivity index (χ3n) is 1.78. The first kappa shape index (κ1) is 11.0. The third-order valence-corrected chi connectivity index (χ3v) is 1.78. The molecule has 0 spiro atoms. The third kappa shape index (κ3) is 3.26. The van der Waals surface area contributed by atoms with Gasteiger partial charge in [-0.15, -0.1) is 0 Å². The molecule has 0 aliphatic rings. The molecule has 0 aromatic carbocycles. The van der Waals surface area contributed by atoms with E-state index in [4.69, 9.17) is 0 Å². The lowest BCUT2D eigenvalue weighted by Crippen LogP contribution is -2.02. The second-order valence-electron chi connectivity index (χ2n) is 2.85. The predicted octanol–water partition coefficient (Wildman–Crippen LogP) is 0.690. The average Bonchev–Trinajstić information content (AvgIpc) is 2.26. The van der Waals surface area contributed by atoms with Crippen LogP contribution >= 0.6 is 0 Å². The summed E-state index contributed by atoms with van der Waals surface area (Å²) in [5.41, 5.74) is 0.455. The number of rotatable bonds is 5. The van der Waals surface area contributed by atoms with E-state index in [1.807, 2.05) is 0 Å². The Morgan fingerprint density at radius 3 is 2.73 bits per heavy atom. The lowest BCUT2D eigenvalue weighted by molar-refractivity contribution is -0.385. The molecular weight excluding hydrogens is 200 g/mol. The van der Waals surface area contributed by atoms with E-state index in [-0.39, 0.29) is 18.4 Å². The first-order chi connectivity index (χ1) is 7.13. The number of aldehydes is 1. The molecule has 0 radical (unpaired) electrons. The van der Waals surface area contributed by atoms with Gasteiger partial charge in [-0.05, 0) is 12.5 Å². The van der Waals surface area contributed by atoms with Crippen molar-refractivity contribution in [3.63, 3.8) is 0 Å². The van der Waals surface area contributed by atoms with E-state index in [1.165, 1.54) is 12.1 Å². The molecule has 0 fully saturated rings. The highest BCUT2D eigenvalue weighted by molar-refractivity contribution is 6.24. The summed E-state index contributed by atoms with van der Waals surface area (Å²) < 4.78 is 0. The molecule has 15 heavy (non-hydrogen) atoms. The molecule has 1 heterocycles. The predicted molar refractivity (Wildman–Crippen MR) is 50.3 cm³/mol. The number of nitrogens with zero attached hydrogens (tertiary/aromatic N) is 2. The van der Waals surface area contributed by atoms with Gasteiger partial charge >= 0.3 is 0 Å². The minimum absolute atomic E-state index is 0.0777. The Bertz CT molecular complexity index is 386. The number of hydrogen-bond donors (Lipinski definition) is 0. The molecule has 1 aromatic heterocycles. The smallest absolute Gasteiger partial charge is 0.287 e. The lowest BCUT2D eigenvalue weighted by atomic mass is 10.2. The summed E-state index contributed by atoms with van der Waals surface area (Å²) in [7, 11) is 0. The molecule has 1 aromatic rings. The van der Waals surface area contributed by atoms with Crippen LogP contribution in [0.1, 0.15) is 12.1 Å². The van der Waals surface area contributed by atoms with Gasteiger partial charge in [0.2, 0.25) is 0 Å². The fourth-order valence-corrected chi connectivity index (χ4v) is 0.983. The summed E-state index contributed by atoms with van der Waals surface area (Å²) in [6, 6.07) is 2.78. The molecule has 1 rings (SSSR count). The Kier molecular flexibility index (Phi) is 3.61. The summed E-state index contributed by atoms with van der Waals surface area (Å²) in [5, 5.41) is 10.3. The molecule has 0 aliphatic carbocycles. The number of hydrogen-bond acceptors (Lipinski definition) is 5. The van der Waals surface area contributed by atoms with Crippen molar-refractivity contribution in [1.82, 2.24) is 4.98 Å². The molecule has 0 saturated heterocycles. The zero-order chi connectivity index (χ0) is 11.3. The van der Waals surface area contributed by atoms with Gasteiger partial charge < -0.3 is 0 Å². The van der Waals surface area contributed by atoms with Crippen LogP contribution in [0.5, 0.6) is 0 Å². The van der Waals surface area contributed by atoms with Crippen molar-refractivity contribution >= 4 is 17.8 Å². The average molecular weight is 208 g/mol. The summed E-state index contributed by atoms with van der Waals surface area (Å²) in [4.78, 5) is 34.2. The quantitative estimate of drug-likeness (QED) is 0.307. The van der Waals surface area contributed by atoms with Gasteiger partial charge in [-0.2, -0.15) is 0 Å². The molecule has 6 nitrogen and oxygen atoms in total. The summed E-state index contributed by atoms with van der Waals surface area (Å²) >= 11 is 0. The Morgan fingerprint density at radius 2 is 2.27 bits per heavy atom. The van der Waals surface area contributed by atoms with E-state index in [2.05, 4.69) is 4.98 Å². The van der Waals surface area contributed by atoms with Gasteiger partial charge in [-0.3, -0.25) is 24.7 Å². The Labute approximate surface area is 85.1 Å². The molecule has 78 valence electrons. The highest BCUT2D eigenvalue weighted by Crippen LogP contribution is 2.09. The number of carbonyl (C=O) groups excluding carboxylic acids is 2. The first-order valence-corrected chi connectivity index (χ1v) is 4.21. The molecular formula is C9H8N2O4. The van der Waals surface area contributed by atoms with E-state index in [0.29, 0.717) is 12.1 Å². The van der Waals surface area contributed by atoms with Crippen molar-refractivity contribution < 1.29 is 14.5 Å². The molecule has 0 atom stereocenters. The monoisotopic (exact) mass is 208 g/mol. The van der Waals surface area contributed by atoms with Crippen LogP contribution in [0.2, 0.25) is 0 Å². The van der Waals surface area contributed by atoms with Crippen molar-refractivity contribution in [1.29, 1.82) is 0 Å². The first-order valence-electron chi connectivity index (χ1n) is 4.21. The minimum atomic E-state index is -0.548. The topological polar surface area (TPSA) is 90.2 Å². The molecule has 0 saturated carbocycles. The van der Waals surface area contributed by atoms with Crippen molar-refractivity contribution in [3.05, 3.63) is 34.1 Å². The van der Waals surface area contributed by atoms with E-state index < -0.39 is 10.7 Å². The lowest BCUT2D eigenvalue weighted by Gasteiger charge is -1.96. The molecule has 6 heteroatoms.